The first kappa shape index (κ1) is 15.4. The van der Waals surface area contributed by atoms with Gasteiger partial charge in [0.2, 0.25) is 0 Å². The van der Waals surface area contributed by atoms with Gasteiger partial charge in [-0.15, -0.1) is 0 Å². The number of carbonyl (C=O) groups is 1. The molecule has 2 atom stereocenters. The average Bonchev–Trinajstić information content (AvgIpc) is 2.97. The van der Waals surface area contributed by atoms with E-state index in [1.54, 1.807) is 0 Å². The smallest absolute Gasteiger partial charge is 0.323 e. The first-order valence-corrected chi connectivity index (χ1v) is 7.70. The highest BCUT2D eigenvalue weighted by molar-refractivity contribution is 7.89. The number of alkyl halides is 3. The van der Waals surface area contributed by atoms with Crippen LogP contribution < -0.4 is 10.0 Å². The van der Waals surface area contributed by atoms with Crippen LogP contribution in [0.5, 0.6) is 0 Å². The molecule has 6 nitrogen and oxygen atoms in total. The molecule has 1 saturated carbocycles. The largest absolute Gasteiger partial charge is 0.350 e. The molecule has 20 heavy (non-hydrogen) atoms. The van der Waals surface area contributed by atoms with Gasteiger partial charge in [0.15, 0.2) is 6.30 Å². The highest BCUT2D eigenvalue weighted by Crippen LogP contribution is 2.53. The second-order valence-corrected chi connectivity index (χ2v) is 6.97. The molecule has 1 aliphatic carbocycles. The molecule has 1 saturated heterocycles. The molecule has 2 rings (SSSR count). The summed E-state index contributed by atoms with van der Waals surface area (Å²) in [5.41, 5.74) is -0.487. The van der Waals surface area contributed by atoms with Crippen LogP contribution in [0.25, 0.3) is 0 Å². The van der Waals surface area contributed by atoms with E-state index >= 15 is 0 Å². The maximum absolute atomic E-state index is 12.7. The third-order valence-electron chi connectivity index (χ3n) is 3.69. The van der Waals surface area contributed by atoms with Crippen LogP contribution in [-0.2, 0) is 10.0 Å². The van der Waals surface area contributed by atoms with Crippen molar-refractivity contribution in [3.63, 3.8) is 0 Å². The number of sulfonamides is 1. The average molecular weight is 315 g/mol. The minimum Gasteiger partial charge on any atom is -0.323 e. The second kappa shape index (κ2) is 5.06. The molecule has 1 spiro atoms. The Bertz CT molecular complexity index is 493. The fourth-order valence-corrected chi connectivity index (χ4v) is 3.29. The third kappa shape index (κ3) is 3.00. The van der Waals surface area contributed by atoms with E-state index in [0.29, 0.717) is 12.8 Å². The van der Waals surface area contributed by atoms with Crippen molar-refractivity contribution in [1.82, 2.24) is 14.9 Å². The first-order chi connectivity index (χ1) is 9.16. The Labute approximate surface area is 114 Å². The van der Waals surface area contributed by atoms with E-state index in [0.717, 1.165) is 6.92 Å². The molecule has 0 bridgehead atoms. The molecule has 2 fully saturated rings. The molecule has 10 heteroatoms. The monoisotopic (exact) mass is 315 g/mol. The van der Waals surface area contributed by atoms with Crippen LogP contribution in [0, 0.1) is 5.41 Å². The van der Waals surface area contributed by atoms with Crippen LogP contribution in [0.2, 0.25) is 0 Å². The number of urea groups is 1. The molecule has 2 amide bonds. The van der Waals surface area contributed by atoms with Crippen molar-refractivity contribution in [2.75, 3.05) is 13.1 Å². The van der Waals surface area contributed by atoms with Crippen molar-refractivity contribution in [1.29, 1.82) is 0 Å². The molecule has 0 aromatic heterocycles. The summed E-state index contributed by atoms with van der Waals surface area (Å²) in [6.45, 7) is 1.35. The number of halogens is 3. The Kier molecular flexibility index (Phi) is 3.89. The summed E-state index contributed by atoms with van der Waals surface area (Å²) in [7, 11) is -4.70. The lowest BCUT2D eigenvalue weighted by molar-refractivity contribution is 0.189. The van der Waals surface area contributed by atoms with Gasteiger partial charge in [0, 0.05) is 24.5 Å². The quantitative estimate of drug-likeness (QED) is 0.747. The van der Waals surface area contributed by atoms with Gasteiger partial charge < -0.3 is 10.2 Å². The summed E-state index contributed by atoms with van der Waals surface area (Å²) in [6.07, 6.45) is -0.231. The van der Waals surface area contributed by atoms with Gasteiger partial charge in [0.1, 0.15) is 0 Å². The molecule has 2 aliphatic rings. The standard InChI is InChI=1S/C10H16F3N3O3S/c1-6(11)14-9(17)16-4-7(10(5-16)2-3-10)15-20(18,19)8(12)13/h6-8,15H,2-5H2,1H3,(H,14,17)/t6-,7?/m1/s1. The molecule has 0 radical (unpaired) electrons. The highest BCUT2D eigenvalue weighted by atomic mass is 32.2. The van der Waals surface area contributed by atoms with Gasteiger partial charge in [-0.1, -0.05) is 0 Å². The van der Waals surface area contributed by atoms with Crippen molar-refractivity contribution in [2.24, 2.45) is 5.41 Å². The normalized spacial score (nSPS) is 26.1. The lowest BCUT2D eigenvalue weighted by atomic mass is 10.0. The minimum atomic E-state index is -4.70. The number of nitrogens with one attached hydrogen (secondary N) is 2. The maximum Gasteiger partial charge on any atom is 0.350 e. The second-order valence-electron chi connectivity index (χ2n) is 5.28. The van der Waals surface area contributed by atoms with Crippen LogP contribution in [0.3, 0.4) is 0 Å². The zero-order chi connectivity index (χ0) is 15.1. The summed E-state index contributed by atoms with van der Waals surface area (Å²) >= 11 is 0. The molecular weight excluding hydrogens is 299 g/mol. The van der Waals surface area contributed by atoms with Gasteiger partial charge in [-0.05, 0) is 19.8 Å². The molecule has 0 aromatic carbocycles. The van der Waals surface area contributed by atoms with Crippen molar-refractivity contribution in [3.8, 4) is 0 Å². The Balaban J connectivity index is 2.04. The number of nitrogens with zero attached hydrogens (tertiary/aromatic N) is 1. The summed E-state index contributed by atoms with van der Waals surface area (Å²) in [6, 6.07) is -1.41. The number of carbonyl (C=O) groups excluding carboxylic acids is 1. The van der Waals surface area contributed by atoms with Crippen molar-refractivity contribution in [2.45, 2.75) is 37.9 Å². The Morgan fingerprint density at radius 1 is 1.35 bits per heavy atom. The summed E-state index contributed by atoms with van der Waals surface area (Å²) in [4.78, 5) is 12.9. The Hall–Kier alpha value is -1.03. The lowest BCUT2D eigenvalue weighted by Gasteiger charge is -2.18. The number of hydrogen-bond donors (Lipinski definition) is 2. The SMILES string of the molecule is C[C@H](F)NC(=O)N1CC(NS(=O)(=O)C(F)F)C2(CC2)C1. The fraction of sp³-hybridized carbons (Fsp3) is 0.900. The van der Waals surface area contributed by atoms with Crippen LogP contribution in [0.15, 0.2) is 0 Å². The summed E-state index contributed by atoms with van der Waals surface area (Å²) in [5.74, 6) is -3.51. The first-order valence-electron chi connectivity index (χ1n) is 6.15. The van der Waals surface area contributed by atoms with E-state index in [1.807, 2.05) is 4.72 Å². The van der Waals surface area contributed by atoms with E-state index in [1.165, 1.54) is 4.90 Å². The highest BCUT2D eigenvalue weighted by Gasteiger charge is 2.57. The topological polar surface area (TPSA) is 78.5 Å². The van der Waals surface area contributed by atoms with Crippen LogP contribution in [0.4, 0.5) is 18.0 Å². The summed E-state index contributed by atoms with van der Waals surface area (Å²) in [5, 5.41) is 2.05. The van der Waals surface area contributed by atoms with Crippen LogP contribution >= 0.6 is 0 Å². The van der Waals surface area contributed by atoms with Gasteiger partial charge in [-0.3, -0.25) is 0 Å². The molecule has 0 aromatic rings. The van der Waals surface area contributed by atoms with E-state index in [9.17, 15) is 26.4 Å². The van der Waals surface area contributed by atoms with E-state index < -0.39 is 39.6 Å². The zero-order valence-corrected chi connectivity index (χ0v) is 11.6. The molecule has 116 valence electrons. The maximum atomic E-state index is 12.7. The molecule has 1 unspecified atom stereocenters. The third-order valence-corrected chi connectivity index (χ3v) is 4.77. The number of amides is 2. The zero-order valence-electron chi connectivity index (χ0n) is 10.8. The van der Waals surface area contributed by atoms with Gasteiger partial charge in [0.05, 0.1) is 0 Å². The minimum absolute atomic E-state index is 0.0372. The fourth-order valence-electron chi connectivity index (χ4n) is 2.46. The van der Waals surface area contributed by atoms with Crippen molar-refractivity contribution >= 4 is 16.1 Å². The van der Waals surface area contributed by atoms with Gasteiger partial charge in [0.25, 0.3) is 10.0 Å². The van der Waals surface area contributed by atoms with E-state index in [4.69, 9.17) is 0 Å². The van der Waals surface area contributed by atoms with Gasteiger partial charge in [-0.2, -0.15) is 8.78 Å². The van der Waals surface area contributed by atoms with Gasteiger partial charge >= 0.3 is 11.8 Å². The molecule has 2 N–H and O–H groups in total. The number of rotatable bonds is 4. The van der Waals surface area contributed by atoms with E-state index in [-0.39, 0.29) is 13.1 Å². The summed E-state index contributed by atoms with van der Waals surface area (Å²) < 4.78 is 61.8. The number of hydrogen-bond acceptors (Lipinski definition) is 3. The van der Waals surface area contributed by atoms with Crippen LogP contribution in [-0.4, -0.2) is 50.5 Å². The van der Waals surface area contributed by atoms with Crippen molar-refractivity contribution < 1.29 is 26.4 Å². The van der Waals surface area contributed by atoms with Crippen molar-refractivity contribution in [3.05, 3.63) is 0 Å². The predicted molar refractivity (Wildman–Crippen MR) is 64.2 cm³/mol. The lowest BCUT2D eigenvalue weighted by Crippen LogP contribution is -2.45. The van der Waals surface area contributed by atoms with Gasteiger partial charge in [-0.25, -0.2) is 22.3 Å². The number of likely N-dealkylation sites (tertiary alicyclic amines) is 1. The Morgan fingerprint density at radius 3 is 2.40 bits per heavy atom. The molecular formula is C10H16F3N3O3S. The molecule has 1 heterocycles. The van der Waals surface area contributed by atoms with Crippen LogP contribution in [0.1, 0.15) is 19.8 Å². The van der Waals surface area contributed by atoms with E-state index in [2.05, 4.69) is 5.32 Å². The molecule has 1 aliphatic heterocycles. The predicted octanol–water partition coefficient (Wildman–Crippen LogP) is 0.618. The Morgan fingerprint density at radius 2 is 1.95 bits per heavy atom.